The predicted octanol–water partition coefficient (Wildman–Crippen LogP) is 2.35. The van der Waals surface area contributed by atoms with Gasteiger partial charge in [-0.15, -0.1) is 0 Å². The van der Waals surface area contributed by atoms with E-state index in [1.165, 1.54) is 30.0 Å². The van der Waals surface area contributed by atoms with Crippen molar-refractivity contribution in [3.8, 4) is 0 Å². The molecule has 3 rings (SSSR count). The molecule has 2 N–H and O–H groups in total. The fourth-order valence-corrected chi connectivity index (χ4v) is 4.33. The Morgan fingerprint density at radius 3 is 2.38 bits per heavy atom. The van der Waals surface area contributed by atoms with E-state index >= 15 is 0 Å². The van der Waals surface area contributed by atoms with E-state index < -0.39 is 33.9 Å². The number of nitrogens with one attached hydrogen (secondary N) is 1. The van der Waals surface area contributed by atoms with Crippen LogP contribution in [0.1, 0.15) is 30.9 Å². The molecule has 0 bridgehead atoms. The van der Waals surface area contributed by atoms with Crippen molar-refractivity contribution < 1.29 is 22.7 Å². The summed E-state index contributed by atoms with van der Waals surface area (Å²) in [6.45, 7) is 3.21. The first kappa shape index (κ1) is 21.4. The molecule has 0 aromatic heterocycles. The third-order valence-electron chi connectivity index (χ3n) is 4.93. The van der Waals surface area contributed by atoms with Crippen molar-refractivity contribution in [3.05, 3.63) is 65.5 Å². The summed E-state index contributed by atoms with van der Waals surface area (Å²) in [5.74, 6) is -0.999. The molecule has 1 amide bonds. The highest BCUT2D eigenvalue weighted by Crippen LogP contribution is 2.30. The number of halogens is 1. The number of carbonyl (C=O) groups excluding carboxylic acids is 1. The molecule has 6 nitrogen and oxygen atoms in total. The standard InChI is InChI=1S/C21H25FN2O4S/c1-14-7-11-18(12-8-14)29(27,28)23-20(15(2)25)21(26)24(17-9-10-17)13-16-5-3-4-6-19(16)22/h3-8,11-12,15,17,20,23,25H,9-10,13H2,1-2H3. The highest BCUT2D eigenvalue weighted by molar-refractivity contribution is 7.89. The Morgan fingerprint density at radius 1 is 1.21 bits per heavy atom. The fraction of sp³-hybridized carbons (Fsp3) is 0.381. The Balaban J connectivity index is 1.84. The second-order valence-corrected chi connectivity index (χ2v) is 9.16. The smallest absolute Gasteiger partial charge is 0.243 e. The van der Waals surface area contributed by atoms with Crippen LogP contribution in [-0.4, -0.2) is 42.5 Å². The van der Waals surface area contributed by atoms with Crippen LogP contribution in [0, 0.1) is 12.7 Å². The maximum atomic E-state index is 14.1. The number of aryl methyl sites for hydroxylation is 1. The van der Waals surface area contributed by atoms with Crippen molar-refractivity contribution in [1.29, 1.82) is 0 Å². The summed E-state index contributed by atoms with van der Waals surface area (Å²) in [4.78, 5) is 14.6. The number of sulfonamides is 1. The number of benzene rings is 2. The van der Waals surface area contributed by atoms with E-state index in [0.717, 1.165) is 18.4 Å². The SMILES string of the molecule is Cc1ccc(S(=O)(=O)NC(C(=O)N(Cc2ccccc2F)C2CC2)C(C)O)cc1. The minimum Gasteiger partial charge on any atom is -0.391 e. The maximum absolute atomic E-state index is 14.1. The minimum absolute atomic E-state index is 0.00799. The monoisotopic (exact) mass is 420 g/mol. The number of hydrogen-bond acceptors (Lipinski definition) is 4. The quantitative estimate of drug-likeness (QED) is 0.686. The summed E-state index contributed by atoms with van der Waals surface area (Å²) in [5, 5.41) is 10.2. The largest absolute Gasteiger partial charge is 0.391 e. The van der Waals surface area contributed by atoms with E-state index in [-0.39, 0.29) is 17.5 Å². The van der Waals surface area contributed by atoms with Crippen LogP contribution in [0.4, 0.5) is 4.39 Å². The molecule has 8 heteroatoms. The van der Waals surface area contributed by atoms with Crippen LogP contribution in [0.15, 0.2) is 53.4 Å². The number of nitrogens with zero attached hydrogens (tertiary/aromatic N) is 1. The lowest BCUT2D eigenvalue weighted by Gasteiger charge is -2.29. The normalized spacial score (nSPS) is 16.3. The lowest BCUT2D eigenvalue weighted by molar-refractivity contribution is -0.136. The van der Waals surface area contributed by atoms with Gasteiger partial charge in [-0.1, -0.05) is 35.9 Å². The van der Waals surface area contributed by atoms with Crippen molar-refractivity contribution in [2.24, 2.45) is 0 Å². The van der Waals surface area contributed by atoms with Crippen molar-refractivity contribution in [2.45, 2.75) is 56.3 Å². The number of rotatable bonds is 8. The Bertz CT molecular complexity index is 972. The predicted molar refractivity (Wildman–Crippen MR) is 107 cm³/mol. The summed E-state index contributed by atoms with van der Waals surface area (Å²) >= 11 is 0. The van der Waals surface area contributed by atoms with Gasteiger partial charge in [0.15, 0.2) is 0 Å². The Kier molecular flexibility index (Phi) is 6.36. The molecule has 2 unspecified atom stereocenters. The summed E-state index contributed by atoms with van der Waals surface area (Å²) in [6.07, 6.45) is 0.263. The third kappa shape index (κ3) is 5.20. The highest BCUT2D eigenvalue weighted by Gasteiger charge is 2.39. The fourth-order valence-electron chi connectivity index (χ4n) is 3.07. The van der Waals surface area contributed by atoms with Gasteiger partial charge in [-0.25, -0.2) is 12.8 Å². The number of aliphatic hydroxyl groups excluding tert-OH is 1. The molecule has 1 aliphatic rings. The third-order valence-corrected chi connectivity index (χ3v) is 6.39. The number of hydrogen-bond donors (Lipinski definition) is 2. The summed E-state index contributed by atoms with van der Waals surface area (Å²) in [7, 11) is -4.02. The second-order valence-electron chi connectivity index (χ2n) is 7.44. The average Bonchev–Trinajstić information content (AvgIpc) is 3.50. The first-order valence-electron chi connectivity index (χ1n) is 9.50. The Morgan fingerprint density at radius 2 is 1.83 bits per heavy atom. The summed E-state index contributed by atoms with van der Waals surface area (Å²) < 4.78 is 41.9. The van der Waals surface area contributed by atoms with E-state index in [9.17, 15) is 22.7 Å². The van der Waals surface area contributed by atoms with Crippen molar-refractivity contribution in [3.63, 3.8) is 0 Å². The van der Waals surface area contributed by atoms with Gasteiger partial charge in [0.05, 0.1) is 11.0 Å². The van der Waals surface area contributed by atoms with Crippen LogP contribution in [-0.2, 0) is 21.4 Å². The van der Waals surface area contributed by atoms with Crippen molar-refractivity contribution >= 4 is 15.9 Å². The van der Waals surface area contributed by atoms with Gasteiger partial charge in [0.1, 0.15) is 11.9 Å². The van der Waals surface area contributed by atoms with Gasteiger partial charge in [0.2, 0.25) is 15.9 Å². The molecule has 1 saturated carbocycles. The zero-order valence-corrected chi connectivity index (χ0v) is 17.2. The van der Waals surface area contributed by atoms with E-state index in [4.69, 9.17) is 0 Å². The van der Waals surface area contributed by atoms with Gasteiger partial charge >= 0.3 is 0 Å². The molecule has 2 aromatic carbocycles. The molecule has 0 heterocycles. The van der Waals surface area contributed by atoms with Crippen LogP contribution in [0.3, 0.4) is 0 Å². The lowest BCUT2D eigenvalue weighted by Crippen LogP contribution is -2.54. The van der Waals surface area contributed by atoms with Crippen LogP contribution in [0.2, 0.25) is 0 Å². The second kappa shape index (κ2) is 8.61. The van der Waals surface area contributed by atoms with E-state index in [0.29, 0.717) is 5.56 Å². The van der Waals surface area contributed by atoms with Crippen LogP contribution in [0.5, 0.6) is 0 Å². The van der Waals surface area contributed by atoms with Gasteiger partial charge in [-0.3, -0.25) is 4.79 Å². The molecule has 0 spiro atoms. The molecule has 1 fully saturated rings. The molecule has 1 aliphatic carbocycles. The maximum Gasteiger partial charge on any atom is 0.243 e. The summed E-state index contributed by atoms with van der Waals surface area (Å²) in [5.41, 5.74) is 1.25. The lowest BCUT2D eigenvalue weighted by atomic mass is 10.1. The minimum atomic E-state index is -4.02. The first-order valence-corrected chi connectivity index (χ1v) is 11.0. The van der Waals surface area contributed by atoms with Crippen LogP contribution < -0.4 is 4.72 Å². The van der Waals surface area contributed by atoms with Gasteiger partial charge in [-0.2, -0.15) is 4.72 Å². The molecule has 2 aromatic rings. The topological polar surface area (TPSA) is 86.7 Å². The molecular weight excluding hydrogens is 395 g/mol. The molecule has 0 saturated heterocycles. The first-order chi connectivity index (χ1) is 13.7. The van der Waals surface area contributed by atoms with E-state index in [2.05, 4.69) is 4.72 Å². The Hall–Kier alpha value is -2.29. The molecule has 156 valence electrons. The molecular formula is C21H25FN2O4S. The summed E-state index contributed by atoms with van der Waals surface area (Å²) in [6, 6.07) is 10.9. The van der Waals surface area contributed by atoms with Crippen molar-refractivity contribution in [2.75, 3.05) is 0 Å². The van der Waals surface area contributed by atoms with E-state index in [1.807, 2.05) is 6.92 Å². The van der Waals surface area contributed by atoms with E-state index in [1.54, 1.807) is 30.3 Å². The van der Waals surface area contributed by atoms with Crippen LogP contribution >= 0.6 is 0 Å². The number of carbonyl (C=O) groups is 1. The van der Waals surface area contributed by atoms with Gasteiger partial charge in [0.25, 0.3) is 0 Å². The number of aliphatic hydroxyl groups is 1. The zero-order valence-electron chi connectivity index (χ0n) is 16.4. The Labute approximate surface area is 170 Å². The number of amides is 1. The van der Waals surface area contributed by atoms with Gasteiger partial charge < -0.3 is 10.0 Å². The van der Waals surface area contributed by atoms with Crippen molar-refractivity contribution in [1.82, 2.24) is 9.62 Å². The molecule has 0 aliphatic heterocycles. The average molecular weight is 421 g/mol. The zero-order chi connectivity index (χ0) is 21.2. The molecule has 29 heavy (non-hydrogen) atoms. The molecule has 2 atom stereocenters. The van der Waals surface area contributed by atoms with Gasteiger partial charge in [0, 0.05) is 18.2 Å². The van der Waals surface area contributed by atoms with Crippen LogP contribution in [0.25, 0.3) is 0 Å². The van der Waals surface area contributed by atoms with Gasteiger partial charge in [-0.05, 0) is 44.9 Å². The molecule has 0 radical (unpaired) electrons. The highest BCUT2D eigenvalue weighted by atomic mass is 32.2.